The molecule has 1 rings (SSSR count). The number of hydrogen-bond donors (Lipinski definition) is 1. The number of aliphatic hydroxyl groups is 1. The molecule has 1 aliphatic carbocycles. The molecule has 0 radical (unpaired) electrons. The van der Waals surface area contributed by atoms with E-state index in [4.69, 9.17) is 16.3 Å². The predicted octanol–water partition coefficient (Wildman–Crippen LogP) is 1.75. The summed E-state index contributed by atoms with van der Waals surface area (Å²) in [7, 11) is 0. The zero-order valence-electron chi connectivity index (χ0n) is 6.79. The van der Waals surface area contributed by atoms with Crippen LogP contribution in [0.3, 0.4) is 0 Å². The fourth-order valence-electron chi connectivity index (χ4n) is 1.52. The summed E-state index contributed by atoms with van der Waals surface area (Å²) in [6.45, 7) is 2.46. The summed E-state index contributed by atoms with van der Waals surface area (Å²) in [6.07, 6.45) is 2.30. The maximum absolute atomic E-state index is 9.39. The molecule has 0 amide bonds. The molecule has 0 aliphatic heterocycles. The smallest absolute Gasteiger partial charge is 0.157 e. The lowest BCUT2D eigenvalue weighted by Gasteiger charge is -2.16. The second-order valence-electron chi connectivity index (χ2n) is 3.02. The minimum atomic E-state index is -0.594. The van der Waals surface area contributed by atoms with Gasteiger partial charge >= 0.3 is 0 Å². The first-order valence-electron chi connectivity index (χ1n) is 4.17. The molecule has 1 fully saturated rings. The number of halogens is 1. The Morgan fingerprint density at radius 2 is 2.36 bits per heavy atom. The van der Waals surface area contributed by atoms with Crippen LogP contribution in [0.15, 0.2) is 0 Å². The van der Waals surface area contributed by atoms with E-state index in [9.17, 15) is 5.11 Å². The molecule has 0 bridgehead atoms. The quantitative estimate of drug-likeness (QED) is 0.527. The van der Waals surface area contributed by atoms with E-state index >= 15 is 0 Å². The summed E-state index contributed by atoms with van der Waals surface area (Å²) in [5, 5.41) is 9.63. The monoisotopic (exact) mass is 178 g/mol. The molecular weight excluding hydrogens is 164 g/mol. The van der Waals surface area contributed by atoms with Crippen LogP contribution < -0.4 is 0 Å². The van der Waals surface area contributed by atoms with Gasteiger partial charge in [-0.1, -0.05) is 0 Å². The first-order valence-corrected chi connectivity index (χ1v) is 4.61. The Morgan fingerprint density at radius 3 is 2.82 bits per heavy atom. The van der Waals surface area contributed by atoms with Crippen LogP contribution in [0.5, 0.6) is 0 Å². The maximum Gasteiger partial charge on any atom is 0.157 e. The molecule has 1 saturated carbocycles. The van der Waals surface area contributed by atoms with Crippen LogP contribution in [-0.4, -0.2) is 23.4 Å². The van der Waals surface area contributed by atoms with Crippen LogP contribution in [0.2, 0.25) is 0 Å². The first kappa shape index (κ1) is 9.30. The van der Waals surface area contributed by atoms with Gasteiger partial charge in [0.05, 0.1) is 0 Å². The highest BCUT2D eigenvalue weighted by Crippen LogP contribution is 2.31. The first-order chi connectivity index (χ1) is 5.24. The Bertz CT molecular complexity index is 119. The SMILES string of the molecule is CCOC(O)C1CCC(Cl)C1. The zero-order valence-corrected chi connectivity index (χ0v) is 7.55. The number of aliphatic hydroxyl groups excluding tert-OH is 1. The van der Waals surface area contributed by atoms with Crippen molar-refractivity contribution in [3.05, 3.63) is 0 Å². The van der Waals surface area contributed by atoms with Gasteiger partial charge in [0.15, 0.2) is 6.29 Å². The van der Waals surface area contributed by atoms with Crippen molar-refractivity contribution >= 4 is 11.6 Å². The second kappa shape index (κ2) is 4.29. The van der Waals surface area contributed by atoms with E-state index < -0.39 is 6.29 Å². The molecule has 11 heavy (non-hydrogen) atoms. The van der Waals surface area contributed by atoms with E-state index in [1.54, 1.807) is 0 Å². The highest BCUT2D eigenvalue weighted by molar-refractivity contribution is 6.20. The minimum Gasteiger partial charge on any atom is -0.368 e. The summed E-state index contributed by atoms with van der Waals surface area (Å²) >= 11 is 5.88. The zero-order chi connectivity index (χ0) is 8.27. The van der Waals surface area contributed by atoms with Crippen molar-refractivity contribution in [3.63, 3.8) is 0 Å². The van der Waals surface area contributed by atoms with Crippen molar-refractivity contribution in [2.75, 3.05) is 6.61 Å². The van der Waals surface area contributed by atoms with E-state index in [1.807, 2.05) is 6.92 Å². The fraction of sp³-hybridized carbons (Fsp3) is 1.00. The van der Waals surface area contributed by atoms with E-state index in [0.717, 1.165) is 19.3 Å². The molecule has 0 aromatic carbocycles. The van der Waals surface area contributed by atoms with Crippen LogP contribution in [0.1, 0.15) is 26.2 Å². The molecule has 3 heteroatoms. The Labute approximate surface area is 72.5 Å². The van der Waals surface area contributed by atoms with Crippen LogP contribution in [0.4, 0.5) is 0 Å². The van der Waals surface area contributed by atoms with Gasteiger partial charge in [-0.15, -0.1) is 11.6 Å². The van der Waals surface area contributed by atoms with E-state index in [2.05, 4.69) is 0 Å². The van der Waals surface area contributed by atoms with E-state index in [-0.39, 0.29) is 11.3 Å². The molecule has 3 unspecified atom stereocenters. The predicted molar refractivity (Wildman–Crippen MR) is 44.6 cm³/mol. The van der Waals surface area contributed by atoms with Crippen LogP contribution in [-0.2, 0) is 4.74 Å². The van der Waals surface area contributed by atoms with E-state index in [0.29, 0.717) is 6.61 Å². The van der Waals surface area contributed by atoms with Crippen LogP contribution >= 0.6 is 11.6 Å². The van der Waals surface area contributed by atoms with Crippen molar-refractivity contribution in [2.24, 2.45) is 5.92 Å². The van der Waals surface area contributed by atoms with Gasteiger partial charge in [0.1, 0.15) is 0 Å². The number of rotatable bonds is 3. The van der Waals surface area contributed by atoms with Crippen molar-refractivity contribution in [2.45, 2.75) is 37.9 Å². The van der Waals surface area contributed by atoms with Gasteiger partial charge in [-0.2, -0.15) is 0 Å². The average molecular weight is 179 g/mol. The van der Waals surface area contributed by atoms with Crippen LogP contribution in [0.25, 0.3) is 0 Å². The molecule has 3 atom stereocenters. The summed E-state index contributed by atoms with van der Waals surface area (Å²) in [6, 6.07) is 0. The molecular formula is C8H15ClO2. The summed E-state index contributed by atoms with van der Waals surface area (Å²) in [5.74, 6) is 0.262. The van der Waals surface area contributed by atoms with Gasteiger partial charge in [-0.05, 0) is 26.2 Å². The highest BCUT2D eigenvalue weighted by Gasteiger charge is 2.28. The molecule has 1 aliphatic rings. The standard InChI is InChI=1S/C8H15ClO2/c1-2-11-8(10)6-3-4-7(9)5-6/h6-8,10H,2-5H2,1H3. The normalized spacial score (nSPS) is 34.1. The van der Waals surface area contributed by atoms with Gasteiger partial charge < -0.3 is 9.84 Å². The largest absolute Gasteiger partial charge is 0.368 e. The van der Waals surface area contributed by atoms with Gasteiger partial charge in [-0.3, -0.25) is 0 Å². The average Bonchev–Trinajstić information content (AvgIpc) is 2.36. The van der Waals surface area contributed by atoms with E-state index in [1.165, 1.54) is 0 Å². The van der Waals surface area contributed by atoms with Crippen molar-refractivity contribution in [1.82, 2.24) is 0 Å². The lowest BCUT2D eigenvalue weighted by molar-refractivity contribution is -0.128. The molecule has 0 heterocycles. The lowest BCUT2D eigenvalue weighted by Crippen LogP contribution is -2.21. The molecule has 1 N–H and O–H groups in total. The molecule has 0 spiro atoms. The number of hydrogen-bond acceptors (Lipinski definition) is 2. The minimum absolute atomic E-state index is 0.245. The van der Waals surface area contributed by atoms with Gasteiger partial charge in [-0.25, -0.2) is 0 Å². The molecule has 2 nitrogen and oxygen atoms in total. The second-order valence-corrected chi connectivity index (χ2v) is 3.63. The summed E-state index contributed by atoms with van der Waals surface area (Å²) in [4.78, 5) is 0. The van der Waals surface area contributed by atoms with Gasteiger partial charge in [0, 0.05) is 17.9 Å². The topological polar surface area (TPSA) is 29.5 Å². The Hall–Kier alpha value is 0.210. The van der Waals surface area contributed by atoms with Gasteiger partial charge in [0.2, 0.25) is 0 Å². The fourth-order valence-corrected chi connectivity index (χ4v) is 1.88. The molecule has 0 saturated heterocycles. The summed E-state index contributed by atoms with van der Waals surface area (Å²) in [5.41, 5.74) is 0. The Balaban J connectivity index is 2.25. The third-order valence-corrected chi connectivity index (χ3v) is 2.55. The molecule has 66 valence electrons. The Kier molecular flexibility index (Phi) is 3.63. The number of ether oxygens (including phenoxy) is 1. The van der Waals surface area contributed by atoms with Crippen molar-refractivity contribution in [1.29, 1.82) is 0 Å². The van der Waals surface area contributed by atoms with Crippen LogP contribution in [0, 0.1) is 5.92 Å². The lowest BCUT2D eigenvalue weighted by atomic mass is 10.1. The Morgan fingerprint density at radius 1 is 1.64 bits per heavy atom. The molecule has 0 aromatic rings. The van der Waals surface area contributed by atoms with Crippen molar-refractivity contribution < 1.29 is 9.84 Å². The maximum atomic E-state index is 9.39. The van der Waals surface area contributed by atoms with Crippen molar-refractivity contribution in [3.8, 4) is 0 Å². The number of alkyl halides is 1. The third kappa shape index (κ3) is 2.62. The third-order valence-electron chi connectivity index (χ3n) is 2.15. The molecule has 0 aromatic heterocycles. The highest BCUT2D eigenvalue weighted by atomic mass is 35.5. The van der Waals surface area contributed by atoms with Gasteiger partial charge in [0.25, 0.3) is 0 Å². The summed E-state index contributed by atoms with van der Waals surface area (Å²) < 4.78 is 5.07.